The fourth-order valence-corrected chi connectivity index (χ4v) is 1.24. The van der Waals surface area contributed by atoms with E-state index in [0.29, 0.717) is 5.75 Å². The van der Waals surface area contributed by atoms with Gasteiger partial charge in [-0.25, -0.2) is 0 Å². The van der Waals surface area contributed by atoms with Gasteiger partial charge in [-0.3, -0.25) is 14.4 Å². The van der Waals surface area contributed by atoms with Gasteiger partial charge in [0.05, 0.1) is 13.2 Å². The fourth-order valence-electron chi connectivity index (χ4n) is 1.24. The monoisotopic (exact) mass is 231 g/mol. The number of rotatable bonds is 5. The summed E-state index contributed by atoms with van der Waals surface area (Å²) in [6, 6.07) is 7.46. The highest BCUT2D eigenvalue weighted by atomic mass is 16.5. The maximum atomic E-state index is 11.7. The molecule has 1 aromatic rings. The van der Waals surface area contributed by atoms with Gasteiger partial charge in [-0.05, 0) is 24.3 Å². The number of benzene rings is 1. The summed E-state index contributed by atoms with van der Waals surface area (Å²) in [4.78, 5) is 33.0. The van der Waals surface area contributed by atoms with Crippen molar-refractivity contribution in [2.75, 3.05) is 7.11 Å². The molecule has 86 valence electrons. The molecule has 5 nitrogen and oxygen atoms in total. The Hall–Kier alpha value is -2.48. The molecule has 0 N–H and O–H groups in total. The van der Waals surface area contributed by atoms with E-state index in [1.54, 1.807) is 0 Å². The Morgan fingerprint density at radius 2 is 1.94 bits per heavy atom. The molecule has 0 aromatic heterocycles. The van der Waals surface area contributed by atoms with Gasteiger partial charge in [0.15, 0.2) is 18.0 Å². The number of ether oxygens (including phenoxy) is 1. The van der Waals surface area contributed by atoms with Crippen LogP contribution < -0.4 is 4.74 Å². The van der Waals surface area contributed by atoms with E-state index in [-0.39, 0.29) is 11.8 Å². The minimum absolute atomic E-state index is 0.0185. The number of aldehydes is 1. The third kappa shape index (κ3) is 2.75. The van der Waals surface area contributed by atoms with Gasteiger partial charge in [0.2, 0.25) is 5.78 Å². The Morgan fingerprint density at radius 1 is 1.35 bits per heavy atom. The maximum absolute atomic E-state index is 11.7. The first-order valence-electron chi connectivity index (χ1n) is 4.71. The van der Waals surface area contributed by atoms with Crippen LogP contribution in [0.1, 0.15) is 10.4 Å². The second kappa shape index (κ2) is 5.56. The molecular formula is C12H9NO4. The summed E-state index contributed by atoms with van der Waals surface area (Å²) in [6.07, 6.45) is -0.0185. The molecule has 0 heterocycles. The van der Waals surface area contributed by atoms with Crippen molar-refractivity contribution in [3.05, 3.63) is 29.8 Å². The summed E-state index contributed by atoms with van der Waals surface area (Å²) in [5.41, 5.74) is 0.188. The number of carbonyl (C=O) groups is 3. The van der Waals surface area contributed by atoms with Gasteiger partial charge in [0.25, 0.3) is 0 Å². The van der Waals surface area contributed by atoms with Crippen LogP contribution in [0, 0.1) is 17.2 Å². The van der Waals surface area contributed by atoms with Crippen LogP contribution in [0.25, 0.3) is 0 Å². The van der Waals surface area contributed by atoms with E-state index in [4.69, 9.17) is 10.00 Å². The van der Waals surface area contributed by atoms with Crippen LogP contribution in [0.2, 0.25) is 0 Å². The van der Waals surface area contributed by atoms with Crippen LogP contribution in [0.3, 0.4) is 0 Å². The highest BCUT2D eigenvalue weighted by molar-refractivity contribution is 6.34. The third-order valence-corrected chi connectivity index (χ3v) is 2.17. The molecule has 0 aliphatic rings. The second-order valence-electron chi connectivity index (χ2n) is 3.18. The van der Waals surface area contributed by atoms with Crippen molar-refractivity contribution in [3.63, 3.8) is 0 Å². The summed E-state index contributed by atoms with van der Waals surface area (Å²) in [5, 5.41) is 8.68. The standard InChI is InChI=1S/C12H9NO4/c1-17-9-4-2-8(3-5-9)12(16)10(6-13)11(15)7-14/h2-5,7,10H,1H3. The first kappa shape index (κ1) is 12.6. The van der Waals surface area contributed by atoms with E-state index in [1.165, 1.54) is 37.4 Å². The minimum Gasteiger partial charge on any atom is -0.497 e. The largest absolute Gasteiger partial charge is 0.497 e. The van der Waals surface area contributed by atoms with Gasteiger partial charge >= 0.3 is 0 Å². The highest BCUT2D eigenvalue weighted by Gasteiger charge is 2.26. The second-order valence-corrected chi connectivity index (χ2v) is 3.18. The lowest BCUT2D eigenvalue weighted by Crippen LogP contribution is -2.23. The van der Waals surface area contributed by atoms with Crippen LogP contribution in [-0.4, -0.2) is 25.0 Å². The third-order valence-electron chi connectivity index (χ3n) is 2.17. The van der Waals surface area contributed by atoms with Crippen LogP contribution in [0.15, 0.2) is 24.3 Å². The number of Topliss-reactive ketones (excluding diaryl/α,β-unsaturated/α-hetero) is 2. The average Bonchev–Trinajstić information content (AvgIpc) is 2.39. The van der Waals surface area contributed by atoms with E-state index in [1.807, 2.05) is 0 Å². The lowest BCUT2D eigenvalue weighted by molar-refractivity contribution is -0.130. The van der Waals surface area contributed by atoms with Gasteiger partial charge in [-0.15, -0.1) is 0 Å². The topological polar surface area (TPSA) is 84.2 Å². The Balaban J connectivity index is 2.99. The molecule has 1 unspecified atom stereocenters. The van der Waals surface area contributed by atoms with E-state index in [0.717, 1.165) is 0 Å². The molecule has 0 spiro atoms. The number of nitrogens with zero attached hydrogens (tertiary/aromatic N) is 1. The van der Waals surface area contributed by atoms with Crippen molar-refractivity contribution in [2.24, 2.45) is 5.92 Å². The lowest BCUT2D eigenvalue weighted by atomic mass is 9.95. The Kier molecular flexibility index (Phi) is 4.12. The average molecular weight is 231 g/mol. The number of hydrogen-bond acceptors (Lipinski definition) is 5. The quantitative estimate of drug-likeness (QED) is 0.323. The van der Waals surface area contributed by atoms with Gasteiger partial charge < -0.3 is 4.74 Å². The number of carbonyl (C=O) groups excluding carboxylic acids is 3. The lowest BCUT2D eigenvalue weighted by Gasteiger charge is -2.04. The van der Waals surface area contributed by atoms with Crippen LogP contribution >= 0.6 is 0 Å². The molecular weight excluding hydrogens is 222 g/mol. The first-order valence-corrected chi connectivity index (χ1v) is 4.71. The molecule has 0 aliphatic heterocycles. The van der Waals surface area contributed by atoms with Crippen molar-refractivity contribution in [1.29, 1.82) is 5.26 Å². The predicted molar refractivity (Wildman–Crippen MR) is 57.5 cm³/mol. The number of ketones is 2. The molecule has 1 rings (SSSR count). The summed E-state index contributed by atoms with van der Waals surface area (Å²) >= 11 is 0. The van der Waals surface area contributed by atoms with Crippen molar-refractivity contribution < 1.29 is 19.1 Å². The van der Waals surface area contributed by atoms with Crippen LogP contribution in [-0.2, 0) is 9.59 Å². The smallest absolute Gasteiger partial charge is 0.220 e. The molecule has 0 bridgehead atoms. The maximum Gasteiger partial charge on any atom is 0.220 e. The molecule has 0 saturated heterocycles. The Morgan fingerprint density at radius 3 is 2.35 bits per heavy atom. The molecule has 0 fully saturated rings. The molecule has 17 heavy (non-hydrogen) atoms. The van der Waals surface area contributed by atoms with E-state index in [9.17, 15) is 14.4 Å². The predicted octanol–water partition coefficient (Wildman–Crippen LogP) is 0.786. The molecule has 0 aliphatic carbocycles. The van der Waals surface area contributed by atoms with Crippen LogP contribution in [0.5, 0.6) is 5.75 Å². The summed E-state index contributed by atoms with van der Waals surface area (Å²) in [5.74, 6) is -2.74. The SMILES string of the molecule is COc1ccc(C(=O)C(C#N)C(=O)C=O)cc1. The Labute approximate surface area is 97.6 Å². The number of nitriles is 1. The van der Waals surface area contributed by atoms with E-state index in [2.05, 4.69) is 0 Å². The Bertz CT molecular complexity index is 484. The van der Waals surface area contributed by atoms with E-state index >= 15 is 0 Å². The molecule has 0 saturated carbocycles. The first-order chi connectivity index (χ1) is 8.13. The summed E-state index contributed by atoms with van der Waals surface area (Å²) in [6.45, 7) is 0. The van der Waals surface area contributed by atoms with Crippen molar-refractivity contribution in [3.8, 4) is 11.8 Å². The molecule has 0 radical (unpaired) electrons. The summed E-state index contributed by atoms with van der Waals surface area (Å²) < 4.78 is 4.90. The van der Waals surface area contributed by atoms with Gasteiger partial charge in [0.1, 0.15) is 5.75 Å². The zero-order valence-corrected chi connectivity index (χ0v) is 9.04. The van der Waals surface area contributed by atoms with Crippen molar-refractivity contribution in [2.45, 2.75) is 0 Å². The highest BCUT2D eigenvalue weighted by Crippen LogP contribution is 2.14. The normalized spacial score (nSPS) is 11.1. The number of hydrogen-bond donors (Lipinski definition) is 0. The minimum atomic E-state index is -1.57. The van der Waals surface area contributed by atoms with Crippen molar-refractivity contribution >= 4 is 17.9 Å². The van der Waals surface area contributed by atoms with Gasteiger partial charge in [0, 0.05) is 5.56 Å². The zero-order valence-electron chi connectivity index (χ0n) is 9.04. The molecule has 1 aromatic carbocycles. The summed E-state index contributed by atoms with van der Waals surface area (Å²) in [7, 11) is 1.48. The fraction of sp³-hybridized carbons (Fsp3) is 0.167. The van der Waals surface area contributed by atoms with Gasteiger partial charge in [-0.1, -0.05) is 0 Å². The molecule has 0 amide bonds. The number of methoxy groups -OCH3 is 1. The zero-order chi connectivity index (χ0) is 12.8. The molecule has 1 atom stereocenters. The molecule has 5 heteroatoms. The van der Waals surface area contributed by atoms with Gasteiger partial charge in [-0.2, -0.15) is 5.26 Å². The van der Waals surface area contributed by atoms with Crippen LogP contribution in [0.4, 0.5) is 0 Å². The van der Waals surface area contributed by atoms with E-state index < -0.39 is 17.5 Å². The van der Waals surface area contributed by atoms with Crippen molar-refractivity contribution in [1.82, 2.24) is 0 Å².